The Balaban J connectivity index is 1.59. The van der Waals surface area contributed by atoms with Crippen LogP contribution < -0.4 is 20.7 Å². The molecule has 4 amide bonds. The van der Waals surface area contributed by atoms with Gasteiger partial charge in [-0.15, -0.1) is 0 Å². The number of sulfonamides is 1. The minimum Gasteiger partial charge on any atom is -0.356 e. The SMILES string of the molecule is Cc1ccccc1S(=O)(=O)NC(=O)NCCCC(=O)NCCC(=O)N[C@H](C=O)Cc1cnc[nH]1. The number of benzene rings is 1. The lowest BCUT2D eigenvalue weighted by molar-refractivity contribution is -0.124. The molecule has 0 fully saturated rings. The fraction of sp³-hybridized carbons (Fsp3) is 0.381. The van der Waals surface area contributed by atoms with Crippen LogP contribution >= 0.6 is 0 Å². The number of aryl methyl sites for hydroxylation is 1. The number of imidazole rings is 1. The lowest BCUT2D eigenvalue weighted by Crippen LogP contribution is -2.40. The van der Waals surface area contributed by atoms with Crippen LogP contribution in [0.5, 0.6) is 0 Å². The van der Waals surface area contributed by atoms with Crippen LogP contribution in [-0.4, -0.2) is 61.6 Å². The highest BCUT2D eigenvalue weighted by Gasteiger charge is 2.19. The topological polar surface area (TPSA) is 179 Å². The molecule has 5 N–H and O–H groups in total. The zero-order chi connectivity index (χ0) is 25.0. The number of aromatic nitrogens is 2. The molecule has 0 radical (unpaired) electrons. The maximum atomic E-state index is 12.3. The second-order valence-electron chi connectivity index (χ2n) is 7.42. The van der Waals surface area contributed by atoms with Gasteiger partial charge in [0, 0.05) is 44.2 Å². The van der Waals surface area contributed by atoms with Crippen molar-refractivity contribution in [3.8, 4) is 0 Å². The molecule has 0 unspecified atom stereocenters. The molecule has 1 atom stereocenters. The van der Waals surface area contributed by atoms with Gasteiger partial charge in [0.05, 0.1) is 17.3 Å². The van der Waals surface area contributed by atoms with Crippen LogP contribution in [0, 0.1) is 6.92 Å². The number of aldehydes is 1. The first-order valence-corrected chi connectivity index (χ1v) is 12.0. The fourth-order valence-corrected chi connectivity index (χ4v) is 4.15. The van der Waals surface area contributed by atoms with Crippen LogP contribution in [0.4, 0.5) is 4.79 Å². The van der Waals surface area contributed by atoms with Crippen LogP contribution in [0.15, 0.2) is 41.7 Å². The van der Waals surface area contributed by atoms with E-state index in [0.29, 0.717) is 17.5 Å². The number of nitrogens with one attached hydrogen (secondary N) is 5. The molecule has 0 saturated heterocycles. The molecule has 1 aromatic heterocycles. The van der Waals surface area contributed by atoms with Gasteiger partial charge in [-0.05, 0) is 25.0 Å². The molecule has 34 heavy (non-hydrogen) atoms. The number of hydrogen-bond donors (Lipinski definition) is 5. The highest BCUT2D eigenvalue weighted by molar-refractivity contribution is 7.90. The number of amides is 4. The number of aromatic amines is 1. The van der Waals surface area contributed by atoms with E-state index in [0.717, 1.165) is 0 Å². The Hall–Kier alpha value is -3.74. The Morgan fingerprint density at radius 2 is 1.85 bits per heavy atom. The minimum absolute atomic E-state index is 0.00350. The summed E-state index contributed by atoms with van der Waals surface area (Å²) in [6.07, 6.45) is 4.29. The first-order valence-electron chi connectivity index (χ1n) is 10.6. The van der Waals surface area contributed by atoms with Crippen molar-refractivity contribution >= 4 is 34.2 Å². The van der Waals surface area contributed by atoms with Crippen LogP contribution in [0.1, 0.15) is 30.5 Å². The van der Waals surface area contributed by atoms with Crippen molar-refractivity contribution in [3.63, 3.8) is 0 Å². The van der Waals surface area contributed by atoms with Crippen molar-refractivity contribution in [2.75, 3.05) is 13.1 Å². The van der Waals surface area contributed by atoms with Gasteiger partial charge in [0.2, 0.25) is 11.8 Å². The third-order valence-corrected chi connectivity index (χ3v) is 6.15. The normalized spacial score (nSPS) is 11.8. The van der Waals surface area contributed by atoms with Gasteiger partial charge < -0.3 is 25.7 Å². The lowest BCUT2D eigenvalue weighted by Gasteiger charge is -2.12. The highest BCUT2D eigenvalue weighted by Crippen LogP contribution is 2.13. The minimum atomic E-state index is -4.00. The molecular weight excluding hydrogens is 464 g/mol. The Morgan fingerprint density at radius 3 is 2.53 bits per heavy atom. The van der Waals surface area contributed by atoms with E-state index in [1.165, 1.54) is 12.4 Å². The van der Waals surface area contributed by atoms with Gasteiger partial charge in [0.25, 0.3) is 10.0 Å². The fourth-order valence-electron chi connectivity index (χ4n) is 2.97. The number of carbonyl (C=O) groups is 4. The Bertz CT molecular complexity index is 1090. The summed E-state index contributed by atoms with van der Waals surface area (Å²) < 4.78 is 26.4. The molecule has 2 rings (SSSR count). The largest absolute Gasteiger partial charge is 0.356 e. The van der Waals surface area contributed by atoms with Gasteiger partial charge in [-0.1, -0.05) is 18.2 Å². The van der Waals surface area contributed by atoms with Gasteiger partial charge in [-0.25, -0.2) is 22.9 Å². The quantitative estimate of drug-likeness (QED) is 0.192. The summed E-state index contributed by atoms with van der Waals surface area (Å²) in [4.78, 5) is 53.5. The van der Waals surface area contributed by atoms with Crippen molar-refractivity contribution in [2.24, 2.45) is 0 Å². The van der Waals surface area contributed by atoms with E-state index in [1.54, 1.807) is 31.3 Å². The average molecular weight is 493 g/mol. The van der Waals surface area contributed by atoms with Crippen molar-refractivity contribution in [1.82, 2.24) is 30.6 Å². The third-order valence-electron chi connectivity index (χ3n) is 4.66. The van der Waals surface area contributed by atoms with Crippen molar-refractivity contribution in [3.05, 3.63) is 48.0 Å². The van der Waals surface area contributed by atoms with Crippen molar-refractivity contribution < 1.29 is 27.6 Å². The first kappa shape index (κ1) is 26.5. The number of hydrogen-bond acceptors (Lipinski definition) is 7. The van der Waals surface area contributed by atoms with Crippen LogP contribution in [0.2, 0.25) is 0 Å². The van der Waals surface area contributed by atoms with Crippen LogP contribution in [0.25, 0.3) is 0 Å². The smallest absolute Gasteiger partial charge is 0.328 e. The summed E-state index contributed by atoms with van der Waals surface area (Å²) in [6.45, 7) is 1.79. The monoisotopic (exact) mass is 492 g/mol. The standard InChI is InChI=1S/C21H28N6O6S/c1-15-5-2-3-6-18(15)34(32,33)27-21(31)24-9-4-7-19(29)23-10-8-20(30)26-17(13-28)11-16-12-22-14-25-16/h2-3,5-6,12-14,17H,4,7-11H2,1H3,(H,22,25)(H,23,29)(H,26,30)(H2,24,27,31)/t17-/m0/s1. The zero-order valence-electron chi connectivity index (χ0n) is 18.7. The molecule has 0 bridgehead atoms. The van der Waals surface area contributed by atoms with E-state index >= 15 is 0 Å². The second-order valence-corrected chi connectivity index (χ2v) is 9.07. The van der Waals surface area contributed by atoms with Gasteiger partial charge in [-0.3, -0.25) is 9.59 Å². The molecule has 2 aromatic rings. The Labute approximate surface area is 197 Å². The maximum Gasteiger partial charge on any atom is 0.328 e. The van der Waals surface area contributed by atoms with Gasteiger partial charge in [0.15, 0.2) is 0 Å². The number of urea groups is 1. The predicted molar refractivity (Wildman–Crippen MR) is 122 cm³/mol. The van der Waals surface area contributed by atoms with E-state index in [1.807, 2.05) is 4.72 Å². The lowest BCUT2D eigenvalue weighted by atomic mass is 10.2. The molecule has 1 heterocycles. The molecule has 1 aromatic carbocycles. The van der Waals surface area contributed by atoms with Gasteiger partial charge >= 0.3 is 6.03 Å². The molecule has 0 spiro atoms. The summed E-state index contributed by atoms with van der Waals surface area (Å²) in [5, 5.41) is 7.53. The molecule has 0 saturated carbocycles. The van der Waals surface area contributed by atoms with E-state index in [9.17, 15) is 27.6 Å². The summed E-state index contributed by atoms with van der Waals surface area (Å²) in [7, 11) is -4.00. The number of rotatable bonds is 13. The van der Waals surface area contributed by atoms with Crippen molar-refractivity contribution in [2.45, 2.75) is 43.5 Å². The first-order chi connectivity index (χ1) is 16.2. The maximum absolute atomic E-state index is 12.3. The molecule has 0 aliphatic rings. The van der Waals surface area contributed by atoms with Crippen molar-refractivity contribution in [1.29, 1.82) is 0 Å². The number of carbonyl (C=O) groups excluding carboxylic acids is 4. The Morgan fingerprint density at radius 1 is 1.09 bits per heavy atom. The highest BCUT2D eigenvalue weighted by atomic mass is 32.2. The van der Waals surface area contributed by atoms with E-state index in [-0.39, 0.29) is 55.5 Å². The van der Waals surface area contributed by atoms with Gasteiger partial charge in [0.1, 0.15) is 6.29 Å². The molecule has 12 nitrogen and oxygen atoms in total. The summed E-state index contributed by atoms with van der Waals surface area (Å²) in [5.41, 5.74) is 1.22. The van der Waals surface area contributed by atoms with Gasteiger partial charge in [-0.2, -0.15) is 0 Å². The summed E-state index contributed by atoms with van der Waals surface area (Å²) in [5.74, 6) is -0.711. The van der Waals surface area contributed by atoms with E-state index in [4.69, 9.17) is 0 Å². The molecule has 0 aliphatic heterocycles. The second kappa shape index (κ2) is 13.1. The van der Waals surface area contributed by atoms with Crippen LogP contribution in [0.3, 0.4) is 0 Å². The molecule has 13 heteroatoms. The third kappa shape index (κ3) is 9.02. The van der Waals surface area contributed by atoms with Crippen LogP contribution in [-0.2, 0) is 30.8 Å². The summed E-state index contributed by atoms with van der Waals surface area (Å²) >= 11 is 0. The molecule has 184 valence electrons. The zero-order valence-corrected chi connectivity index (χ0v) is 19.5. The molecule has 0 aliphatic carbocycles. The molecular formula is C21H28N6O6S. The average Bonchev–Trinajstić information content (AvgIpc) is 3.29. The predicted octanol–water partition coefficient (Wildman–Crippen LogP) is -0.0811. The number of H-pyrrole nitrogens is 1. The Kier molecular flexibility index (Phi) is 10.2. The number of nitrogens with zero attached hydrogens (tertiary/aromatic N) is 1. The van der Waals surface area contributed by atoms with E-state index < -0.39 is 22.1 Å². The van der Waals surface area contributed by atoms with E-state index in [2.05, 4.69) is 25.9 Å². The summed E-state index contributed by atoms with van der Waals surface area (Å²) in [6, 6.07) is 4.68.